The first kappa shape index (κ1) is 22.7. The summed E-state index contributed by atoms with van der Waals surface area (Å²) >= 11 is 12.1. The van der Waals surface area contributed by atoms with Gasteiger partial charge in [-0.3, -0.25) is 0 Å². The molecule has 0 unspecified atom stereocenters. The zero-order valence-electron chi connectivity index (χ0n) is 16.4. The summed E-state index contributed by atoms with van der Waals surface area (Å²) in [5.41, 5.74) is 1.06. The Morgan fingerprint density at radius 3 is 2.45 bits per heavy atom. The van der Waals surface area contributed by atoms with E-state index in [2.05, 4.69) is 0 Å². The van der Waals surface area contributed by atoms with Gasteiger partial charge in [0.25, 0.3) is 0 Å². The number of nitriles is 1. The van der Waals surface area contributed by atoms with Crippen molar-refractivity contribution in [3.63, 3.8) is 0 Å². The second kappa shape index (κ2) is 9.88. The average Bonchev–Trinajstić information content (AvgIpc) is 2.77. The van der Waals surface area contributed by atoms with Crippen LogP contribution in [0.1, 0.15) is 11.1 Å². The van der Waals surface area contributed by atoms with Crippen molar-refractivity contribution in [2.24, 2.45) is 0 Å². The smallest absolute Gasteiger partial charge is 0.216 e. The van der Waals surface area contributed by atoms with Crippen molar-refractivity contribution in [3.8, 4) is 17.6 Å². The van der Waals surface area contributed by atoms with E-state index in [0.717, 1.165) is 0 Å². The number of halogens is 2. The van der Waals surface area contributed by atoms with Crippen LogP contribution in [0.25, 0.3) is 6.08 Å². The minimum atomic E-state index is -4.00. The molecule has 0 radical (unpaired) electrons. The summed E-state index contributed by atoms with van der Waals surface area (Å²) in [5, 5.41) is 10.5. The first-order chi connectivity index (χ1) is 14.9. The van der Waals surface area contributed by atoms with E-state index < -0.39 is 14.7 Å². The number of rotatable bonds is 7. The number of nitrogens with zero attached hydrogens (tertiary/aromatic N) is 1. The highest BCUT2D eigenvalue weighted by Crippen LogP contribution is 2.35. The van der Waals surface area contributed by atoms with Crippen molar-refractivity contribution in [1.82, 2.24) is 0 Å². The molecule has 31 heavy (non-hydrogen) atoms. The summed E-state index contributed by atoms with van der Waals surface area (Å²) < 4.78 is 37.1. The van der Waals surface area contributed by atoms with Crippen LogP contribution >= 0.6 is 23.2 Å². The Morgan fingerprint density at radius 1 is 1.06 bits per heavy atom. The number of ether oxygens (including phenoxy) is 2. The maximum Gasteiger partial charge on any atom is 0.216 e. The van der Waals surface area contributed by atoms with Gasteiger partial charge in [-0.15, -0.1) is 0 Å². The number of para-hydroxylation sites is 1. The molecule has 0 amide bonds. The van der Waals surface area contributed by atoms with Gasteiger partial charge < -0.3 is 9.47 Å². The van der Waals surface area contributed by atoms with Gasteiger partial charge >= 0.3 is 0 Å². The molecule has 0 aromatic heterocycles. The molecule has 3 aromatic carbocycles. The third kappa shape index (κ3) is 5.20. The summed E-state index contributed by atoms with van der Waals surface area (Å²) in [7, 11) is -2.53. The van der Waals surface area contributed by atoms with Crippen LogP contribution < -0.4 is 9.47 Å². The molecule has 0 heterocycles. The van der Waals surface area contributed by atoms with Gasteiger partial charge in [0.15, 0.2) is 11.5 Å². The molecule has 3 rings (SSSR count). The molecule has 8 heteroatoms. The largest absolute Gasteiger partial charge is 0.493 e. The maximum absolute atomic E-state index is 12.9. The zero-order valence-corrected chi connectivity index (χ0v) is 18.7. The number of benzene rings is 3. The zero-order chi connectivity index (χ0) is 22.4. The minimum absolute atomic E-state index is 0.0288. The van der Waals surface area contributed by atoms with E-state index in [1.807, 2.05) is 0 Å². The van der Waals surface area contributed by atoms with Gasteiger partial charge in [0.2, 0.25) is 9.84 Å². The van der Waals surface area contributed by atoms with Gasteiger partial charge in [-0.1, -0.05) is 59.6 Å². The average molecular weight is 474 g/mol. The van der Waals surface area contributed by atoms with Crippen molar-refractivity contribution in [2.75, 3.05) is 7.11 Å². The molecule has 0 aliphatic carbocycles. The quantitative estimate of drug-likeness (QED) is 0.398. The fourth-order valence-corrected chi connectivity index (χ4v) is 4.42. The van der Waals surface area contributed by atoms with E-state index in [1.54, 1.807) is 60.7 Å². The fraction of sp³-hybridized carbons (Fsp3) is 0.0870. The molecule has 0 aliphatic rings. The van der Waals surface area contributed by atoms with E-state index >= 15 is 0 Å². The topological polar surface area (TPSA) is 76.4 Å². The maximum atomic E-state index is 12.9. The first-order valence-electron chi connectivity index (χ1n) is 9.02. The minimum Gasteiger partial charge on any atom is -0.493 e. The van der Waals surface area contributed by atoms with Crippen LogP contribution in [0.5, 0.6) is 11.5 Å². The lowest BCUT2D eigenvalue weighted by Gasteiger charge is -2.14. The lowest BCUT2D eigenvalue weighted by molar-refractivity contribution is 0.284. The van der Waals surface area contributed by atoms with Crippen molar-refractivity contribution in [1.29, 1.82) is 5.26 Å². The summed E-state index contributed by atoms with van der Waals surface area (Å²) in [6, 6.07) is 19.6. The second-order valence-corrected chi connectivity index (χ2v) is 9.10. The van der Waals surface area contributed by atoms with Crippen LogP contribution in [-0.2, 0) is 16.4 Å². The summed E-state index contributed by atoms with van der Waals surface area (Å²) in [5.74, 6) is 0.667. The predicted molar refractivity (Wildman–Crippen MR) is 121 cm³/mol. The molecule has 0 saturated heterocycles. The molecule has 158 valence electrons. The van der Waals surface area contributed by atoms with Crippen LogP contribution in [0, 0.1) is 11.3 Å². The molecule has 0 saturated carbocycles. The Bertz CT molecular complexity index is 1270. The lowest BCUT2D eigenvalue weighted by atomic mass is 10.1. The normalized spacial score (nSPS) is 11.6. The Kier molecular flexibility index (Phi) is 7.24. The Hall–Kier alpha value is -2.98. The summed E-state index contributed by atoms with van der Waals surface area (Å²) in [6.45, 7) is 0.0878. The number of allylic oxidation sites excluding steroid dienone is 1. The van der Waals surface area contributed by atoms with E-state index in [1.165, 1.54) is 25.3 Å². The third-order valence-electron chi connectivity index (χ3n) is 4.36. The fourth-order valence-electron chi connectivity index (χ4n) is 2.79. The molecule has 0 N–H and O–H groups in total. The molecule has 0 spiro atoms. The third-order valence-corrected chi connectivity index (χ3v) is 6.62. The Balaban J connectivity index is 2.02. The molecule has 5 nitrogen and oxygen atoms in total. The molecule has 0 bridgehead atoms. The van der Waals surface area contributed by atoms with Crippen LogP contribution in [0.2, 0.25) is 10.0 Å². The Labute approximate surface area is 191 Å². The van der Waals surface area contributed by atoms with Gasteiger partial charge in [0.05, 0.1) is 12.0 Å². The van der Waals surface area contributed by atoms with Gasteiger partial charge in [-0.2, -0.15) is 5.26 Å². The van der Waals surface area contributed by atoms with Crippen LogP contribution in [0.4, 0.5) is 0 Å². The van der Waals surface area contributed by atoms with E-state index in [4.69, 9.17) is 32.7 Å². The first-order valence-corrected chi connectivity index (χ1v) is 11.3. The number of hydrogen-bond donors (Lipinski definition) is 0. The lowest BCUT2D eigenvalue weighted by Crippen LogP contribution is -2.04. The molecule has 0 atom stereocenters. The van der Waals surface area contributed by atoms with Crippen molar-refractivity contribution >= 4 is 39.1 Å². The van der Waals surface area contributed by atoms with Gasteiger partial charge in [0, 0.05) is 21.2 Å². The predicted octanol–water partition coefficient (Wildman–Crippen LogP) is 5.92. The number of methoxy groups -OCH3 is 1. The molecular formula is C23H17Cl2NO4S. The summed E-state index contributed by atoms with van der Waals surface area (Å²) in [4.78, 5) is -0.387. The van der Waals surface area contributed by atoms with E-state index in [-0.39, 0.29) is 17.3 Å². The van der Waals surface area contributed by atoms with E-state index in [0.29, 0.717) is 26.9 Å². The van der Waals surface area contributed by atoms with Crippen molar-refractivity contribution in [3.05, 3.63) is 92.8 Å². The molecule has 0 aliphatic heterocycles. The van der Waals surface area contributed by atoms with Crippen LogP contribution in [-0.4, -0.2) is 15.5 Å². The summed E-state index contributed by atoms with van der Waals surface area (Å²) in [6.07, 6.45) is 1.27. The standard InChI is InChI=1S/C23H17Cl2NO4S/c1-29-22-9-5-6-16(23(22)30-15-17-10-11-18(24)13-21(17)25)12-20(14-26)31(27,28)19-7-3-2-4-8-19/h2-13H,15H2,1H3/b20-12-. The molecular weight excluding hydrogens is 457 g/mol. The van der Waals surface area contributed by atoms with Crippen molar-refractivity contribution in [2.45, 2.75) is 11.5 Å². The monoisotopic (exact) mass is 473 g/mol. The molecule has 3 aromatic rings. The highest BCUT2D eigenvalue weighted by Gasteiger charge is 2.22. The van der Waals surface area contributed by atoms with Crippen LogP contribution in [0.15, 0.2) is 76.5 Å². The number of hydrogen-bond acceptors (Lipinski definition) is 5. The Morgan fingerprint density at radius 2 is 1.81 bits per heavy atom. The molecule has 0 fully saturated rings. The van der Waals surface area contributed by atoms with Gasteiger partial charge in [-0.05, 0) is 36.4 Å². The SMILES string of the molecule is COc1cccc(/C=C(/C#N)S(=O)(=O)c2ccccc2)c1OCc1ccc(Cl)cc1Cl. The van der Waals surface area contributed by atoms with Gasteiger partial charge in [0.1, 0.15) is 17.6 Å². The van der Waals surface area contributed by atoms with Crippen LogP contribution in [0.3, 0.4) is 0 Å². The number of sulfone groups is 1. The highest BCUT2D eigenvalue weighted by atomic mass is 35.5. The van der Waals surface area contributed by atoms with Gasteiger partial charge in [-0.25, -0.2) is 8.42 Å². The van der Waals surface area contributed by atoms with E-state index in [9.17, 15) is 13.7 Å². The highest BCUT2D eigenvalue weighted by molar-refractivity contribution is 7.95. The second-order valence-electron chi connectivity index (χ2n) is 6.34. The van der Waals surface area contributed by atoms with Crippen molar-refractivity contribution < 1.29 is 17.9 Å².